The zero-order chi connectivity index (χ0) is 15.7. The number of aryl methyl sites for hydroxylation is 2. The van der Waals surface area contributed by atoms with Gasteiger partial charge in [0.15, 0.2) is 0 Å². The molecule has 0 unspecified atom stereocenters. The molecule has 0 bridgehead atoms. The molecule has 3 rings (SSSR count). The Morgan fingerprint density at radius 3 is 2.14 bits per heavy atom. The van der Waals surface area contributed by atoms with Crippen molar-refractivity contribution in [2.75, 3.05) is 5.32 Å². The average molecular weight is 291 g/mol. The lowest BCUT2D eigenvalue weighted by molar-refractivity contribution is 0.102. The van der Waals surface area contributed by atoms with Crippen LogP contribution in [-0.2, 0) is 0 Å². The van der Waals surface area contributed by atoms with Crippen LogP contribution in [0.3, 0.4) is 0 Å². The highest BCUT2D eigenvalue weighted by atomic mass is 16.3. The molecule has 2 N–H and O–H groups in total. The number of nitrogens with one attached hydrogen (secondary N) is 1. The molecular formula is C19H17NO2. The number of phenols is 1. The van der Waals surface area contributed by atoms with Gasteiger partial charge in [-0.25, -0.2) is 0 Å². The van der Waals surface area contributed by atoms with Crippen molar-refractivity contribution < 1.29 is 9.90 Å². The molecule has 3 nitrogen and oxygen atoms in total. The third kappa shape index (κ3) is 2.53. The quantitative estimate of drug-likeness (QED) is 0.734. The Kier molecular flexibility index (Phi) is 3.55. The summed E-state index contributed by atoms with van der Waals surface area (Å²) in [5, 5.41) is 14.9. The fraction of sp³-hybridized carbons (Fsp3) is 0.105. The highest BCUT2D eigenvalue weighted by Gasteiger charge is 2.14. The lowest BCUT2D eigenvalue weighted by Gasteiger charge is -2.12. The maximum atomic E-state index is 12.5. The van der Waals surface area contributed by atoms with Crippen molar-refractivity contribution in [2.45, 2.75) is 13.8 Å². The van der Waals surface area contributed by atoms with E-state index in [4.69, 9.17) is 0 Å². The zero-order valence-corrected chi connectivity index (χ0v) is 12.6. The van der Waals surface area contributed by atoms with E-state index >= 15 is 0 Å². The molecule has 3 heteroatoms. The molecule has 0 saturated heterocycles. The summed E-state index contributed by atoms with van der Waals surface area (Å²) in [6.07, 6.45) is 0. The number of hydrogen-bond donors (Lipinski definition) is 2. The third-order valence-electron chi connectivity index (χ3n) is 3.83. The Bertz CT molecular complexity index is 848. The van der Waals surface area contributed by atoms with Crippen LogP contribution in [-0.4, -0.2) is 11.0 Å². The third-order valence-corrected chi connectivity index (χ3v) is 3.83. The Morgan fingerprint density at radius 1 is 0.909 bits per heavy atom. The van der Waals surface area contributed by atoms with Gasteiger partial charge in [0.2, 0.25) is 0 Å². The van der Waals surface area contributed by atoms with Crippen LogP contribution in [0.2, 0.25) is 0 Å². The predicted octanol–water partition coefficient (Wildman–Crippen LogP) is 4.41. The van der Waals surface area contributed by atoms with Gasteiger partial charge in [-0.3, -0.25) is 4.79 Å². The van der Waals surface area contributed by atoms with Gasteiger partial charge >= 0.3 is 0 Å². The average Bonchev–Trinajstić information content (AvgIpc) is 2.50. The van der Waals surface area contributed by atoms with Crippen molar-refractivity contribution in [3.63, 3.8) is 0 Å². The second-order valence-corrected chi connectivity index (χ2v) is 5.44. The largest absolute Gasteiger partial charge is 0.507 e. The van der Waals surface area contributed by atoms with E-state index < -0.39 is 0 Å². The van der Waals surface area contributed by atoms with Crippen LogP contribution in [0.4, 0.5) is 5.69 Å². The maximum Gasteiger partial charge on any atom is 0.259 e. The van der Waals surface area contributed by atoms with E-state index in [2.05, 4.69) is 5.32 Å². The van der Waals surface area contributed by atoms with Gasteiger partial charge in [0, 0.05) is 5.69 Å². The van der Waals surface area contributed by atoms with Crippen LogP contribution in [0.25, 0.3) is 10.8 Å². The summed E-state index contributed by atoms with van der Waals surface area (Å²) in [5.41, 5.74) is 3.06. The minimum absolute atomic E-state index is 0.0116. The molecule has 0 atom stereocenters. The van der Waals surface area contributed by atoms with Crippen molar-refractivity contribution in [3.8, 4) is 5.75 Å². The highest BCUT2D eigenvalue weighted by molar-refractivity contribution is 6.09. The van der Waals surface area contributed by atoms with Crippen molar-refractivity contribution in [2.24, 2.45) is 0 Å². The van der Waals surface area contributed by atoms with E-state index in [1.165, 1.54) is 0 Å². The fourth-order valence-corrected chi connectivity index (χ4v) is 2.60. The molecule has 0 aliphatic rings. The Hall–Kier alpha value is -2.81. The predicted molar refractivity (Wildman–Crippen MR) is 89.5 cm³/mol. The van der Waals surface area contributed by atoms with Crippen LogP contribution in [0, 0.1) is 13.8 Å². The van der Waals surface area contributed by atoms with Crippen molar-refractivity contribution in [1.82, 2.24) is 0 Å². The minimum Gasteiger partial charge on any atom is -0.507 e. The number of benzene rings is 3. The number of rotatable bonds is 2. The number of para-hydroxylation sites is 1. The lowest BCUT2D eigenvalue weighted by atomic mass is 10.0. The SMILES string of the molecule is Cc1cccc(C)c1NC(=O)c1cc2ccccc2cc1O. The van der Waals surface area contributed by atoms with Crippen molar-refractivity contribution >= 4 is 22.4 Å². The molecule has 22 heavy (non-hydrogen) atoms. The van der Waals surface area contributed by atoms with Gasteiger partial charge in [-0.05, 0) is 47.9 Å². The Balaban J connectivity index is 2.00. The van der Waals surface area contributed by atoms with Gasteiger partial charge in [-0.2, -0.15) is 0 Å². The maximum absolute atomic E-state index is 12.5. The second-order valence-electron chi connectivity index (χ2n) is 5.44. The van der Waals surface area contributed by atoms with Crippen LogP contribution in [0.1, 0.15) is 21.5 Å². The number of aromatic hydroxyl groups is 1. The molecule has 3 aromatic rings. The number of amides is 1. The van der Waals surface area contributed by atoms with Crippen LogP contribution < -0.4 is 5.32 Å². The van der Waals surface area contributed by atoms with Crippen LogP contribution in [0.5, 0.6) is 5.75 Å². The Morgan fingerprint density at radius 2 is 1.50 bits per heavy atom. The van der Waals surface area contributed by atoms with E-state index in [9.17, 15) is 9.90 Å². The molecular weight excluding hydrogens is 274 g/mol. The Labute approximate surface area is 129 Å². The highest BCUT2D eigenvalue weighted by Crippen LogP contribution is 2.27. The first-order valence-corrected chi connectivity index (χ1v) is 7.15. The number of hydrogen-bond acceptors (Lipinski definition) is 2. The number of fused-ring (bicyclic) bond motifs is 1. The summed E-state index contributed by atoms with van der Waals surface area (Å²) in [6, 6.07) is 16.8. The first-order chi connectivity index (χ1) is 10.6. The smallest absolute Gasteiger partial charge is 0.259 e. The first kappa shape index (κ1) is 14.1. The molecule has 0 aliphatic heterocycles. The molecule has 0 radical (unpaired) electrons. The van der Waals surface area contributed by atoms with E-state index in [0.717, 1.165) is 27.6 Å². The van der Waals surface area contributed by atoms with Crippen molar-refractivity contribution in [3.05, 3.63) is 71.3 Å². The minimum atomic E-state index is -0.305. The number of carbonyl (C=O) groups is 1. The van der Waals surface area contributed by atoms with Gasteiger partial charge in [-0.15, -0.1) is 0 Å². The normalized spacial score (nSPS) is 10.6. The standard InChI is InChI=1S/C19H17NO2/c1-12-6-5-7-13(2)18(12)20-19(22)16-10-14-8-3-4-9-15(14)11-17(16)21/h3-11,21H,1-2H3,(H,20,22). The molecule has 0 aliphatic carbocycles. The zero-order valence-electron chi connectivity index (χ0n) is 12.6. The van der Waals surface area contributed by atoms with Gasteiger partial charge in [-0.1, -0.05) is 42.5 Å². The molecule has 0 heterocycles. The van der Waals surface area contributed by atoms with E-state index in [1.807, 2.05) is 56.3 Å². The topological polar surface area (TPSA) is 49.3 Å². The van der Waals surface area contributed by atoms with Crippen LogP contribution >= 0.6 is 0 Å². The summed E-state index contributed by atoms with van der Waals surface area (Å²) in [7, 11) is 0. The fourth-order valence-electron chi connectivity index (χ4n) is 2.60. The van der Waals surface area contributed by atoms with Gasteiger partial charge in [0.05, 0.1) is 5.56 Å². The van der Waals surface area contributed by atoms with Gasteiger partial charge < -0.3 is 10.4 Å². The molecule has 0 aromatic heterocycles. The monoisotopic (exact) mass is 291 g/mol. The summed E-state index contributed by atoms with van der Waals surface area (Å²) in [5.74, 6) is -0.317. The number of carbonyl (C=O) groups excluding carboxylic acids is 1. The van der Waals surface area contributed by atoms with Crippen LogP contribution in [0.15, 0.2) is 54.6 Å². The molecule has 110 valence electrons. The first-order valence-electron chi connectivity index (χ1n) is 7.15. The summed E-state index contributed by atoms with van der Waals surface area (Å²) < 4.78 is 0. The lowest BCUT2D eigenvalue weighted by Crippen LogP contribution is -2.14. The van der Waals surface area contributed by atoms with E-state index in [0.29, 0.717) is 0 Å². The summed E-state index contributed by atoms with van der Waals surface area (Å²) in [6.45, 7) is 3.89. The van der Waals surface area contributed by atoms with Crippen molar-refractivity contribution in [1.29, 1.82) is 0 Å². The van der Waals surface area contributed by atoms with E-state index in [-0.39, 0.29) is 17.2 Å². The summed E-state index contributed by atoms with van der Waals surface area (Å²) >= 11 is 0. The molecule has 0 fully saturated rings. The molecule has 0 spiro atoms. The molecule has 3 aromatic carbocycles. The number of anilines is 1. The van der Waals surface area contributed by atoms with E-state index in [1.54, 1.807) is 12.1 Å². The molecule has 1 amide bonds. The number of phenolic OH excluding ortho intramolecular Hbond substituents is 1. The summed E-state index contributed by atoms with van der Waals surface area (Å²) in [4.78, 5) is 12.5. The molecule has 0 saturated carbocycles. The second kappa shape index (κ2) is 5.53. The van der Waals surface area contributed by atoms with Gasteiger partial charge in [0.25, 0.3) is 5.91 Å². The van der Waals surface area contributed by atoms with Gasteiger partial charge in [0.1, 0.15) is 5.75 Å².